The van der Waals surface area contributed by atoms with Gasteiger partial charge in [0, 0.05) is 30.1 Å². The summed E-state index contributed by atoms with van der Waals surface area (Å²) in [7, 11) is 0. The van der Waals surface area contributed by atoms with Gasteiger partial charge in [0.1, 0.15) is 5.75 Å². The predicted octanol–water partition coefficient (Wildman–Crippen LogP) is 3.18. The Labute approximate surface area is 128 Å². The van der Waals surface area contributed by atoms with Gasteiger partial charge >= 0.3 is 0 Å². The Morgan fingerprint density at radius 1 is 1.43 bits per heavy atom. The van der Waals surface area contributed by atoms with Crippen LogP contribution in [0.2, 0.25) is 0 Å². The lowest BCUT2D eigenvalue weighted by Crippen LogP contribution is -2.39. The summed E-state index contributed by atoms with van der Waals surface area (Å²) >= 11 is 1.71. The minimum Gasteiger partial charge on any atom is -0.507 e. The van der Waals surface area contributed by atoms with Crippen LogP contribution < -0.4 is 0 Å². The summed E-state index contributed by atoms with van der Waals surface area (Å²) in [6.07, 6.45) is 3.93. The highest BCUT2D eigenvalue weighted by atomic mass is 32.1. The summed E-state index contributed by atoms with van der Waals surface area (Å²) in [5.41, 5.74) is 0.383. The van der Waals surface area contributed by atoms with E-state index in [4.69, 9.17) is 0 Å². The molecule has 1 saturated heterocycles. The quantitative estimate of drug-likeness (QED) is 0.927. The van der Waals surface area contributed by atoms with Crippen molar-refractivity contribution in [1.82, 2.24) is 9.88 Å². The Kier molecular flexibility index (Phi) is 3.92. The van der Waals surface area contributed by atoms with Gasteiger partial charge in [-0.1, -0.05) is 12.1 Å². The fraction of sp³-hybridized carbons (Fsp3) is 0.375. The number of thiazole rings is 1. The molecule has 110 valence electrons. The SMILES string of the molecule is Cc1cnc([C@H]2CCCN(C(=O)c3ccccc3O)C2)s1. The summed E-state index contributed by atoms with van der Waals surface area (Å²) in [6.45, 7) is 3.48. The van der Waals surface area contributed by atoms with Crippen molar-refractivity contribution in [2.45, 2.75) is 25.7 Å². The van der Waals surface area contributed by atoms with Crippen LogP contribution in [0.1, 0.15) is 39.0 Å². The van der Waals surface area contributed by atoms with Crippen LogP contribution in [-0.2, 0) is 0 Å². The van der Waals surface area contributed by atoms with Crippen molar-refractivity contribution >= 4 is 17.2 Å². The number of amides is 1. The molecule has 0 aliphatic carbocycles. The van der Waals surface area contributed by atoms with E-state index in [9.17, 15) is 9.90 Å². The molecule has 1 aromatic carbocycles. The second kappa shape index (κ2) is 5.85. The molecule has 4 nitrogen and oxygen atoms in total. The molecule has 0 saturated carbocycles. The maximum absolute atomic E-state index is 12.6. The summed E-state index contributed by atoms with van der Waals surface area (Å²) in [5.74, 6) is 0.271. The highest BCUT2D eigenvalue weighted by Gasteiger charge is 2.28. The van der Waals surface area contributed by atoms with Crippen LogP contribution in [0.5, 0.6) is 5.75 Å². The zero-order chi connectivity index (χ0) is 14.8. The number of carbonyl (C=O) groups is 1. The Morgan fingerprint density at radius 3 is 2.95 bits per heavy atom. The molecular formula is C16H18N2O2S. The number of likely N-dealkylation sites (tertiary alicyclic amines) is 1. The molecule has 1 fully saturated rings. The molecule has 21 heavy (non-hydrogen) atoms. The molecule has 5 heteroatoms. The number of aromatic hydroxyl groups is 1. The Hall–Kier alpha value is -1.88. The van der Waals surface area contributed by atoms with Crippen molar-refractivity contribution in [2.75, 3.05) is 13.1 Å². The molecule has 0 bridgehead atoms. The number of aryl methyl sites for hydroxylation is 1. The first kappa shape index (κ1) is 14.1. The maximum atomic E-state index is 12.6. The third-order valence-corrected chi connectivity index (χ3v) is 4.91. The number of para-hydroxylation sites is 1. The second-order valence-electron chi connectivity index (χ2n) is 5.42. The van der Waals surface area contributed by atoms with Crippen LogP contribution in [0.3, 0.4) is 0 Å². The minimum atomic E-state index is -0.0916. The van der Waals surface area contributed by atoms with Crippen molar-refractivity contribution in [3.63, 3.8) is 0 Å². The summed E-state index contributed by atoms with van der Waals surface area (Å²) in [5, 5.41) is 11.0. The molecule has 1 N–H and O–H groups in total. The first-order valence-electron chi connectivity index (χ1n) is 7.15. The van der Waals surface area contributed by atoms with E-state index in [2.05, 4.69) is 11.9 Å². The molecule has 3 rings (SSSR count). The smallest absolute Gasteiger partial charge is 0.257 e. The first-order chi connectivity index (χ1) is 10.1. The maximum Gasteiger partial charge on any atom is 0.257 e. The van der Waals surface area contributed by atoms with Gasteiger partial charge in [-0.3, -0.25) is 4.79 Å². The number of benzene rings is 1. The lowest BCUT2D eigenvalue weighted by atomic mass is 9.98. The van der Waals surface area contributed by atoms with Gasteiger partial charge in [0.25, 0.3) is 5.91 Å². The standard InChI is InChI=1S/C16H18N2O2S/c1-11-9-17-15(21-11)12-5-4-8-18(10-12)16(20)13-6-2-3-7-14(13)19/h2-3,6-7,9,12,19H,4-5,8,10H2,1H3/t12-/m0/s1. The van der Waals surface area contributed by atoms with E-state index in [0.29, 0.717) is 18.0 Å². The fourth-order valence-electron chi connectivity index (χ4n) is 2.75. The van der Waals surface area contributed by atoms with Gasteiger partial charge < -0.3 is 10.0 Å². The topological polar surface area (TPSA) is 53.4 Å². The monoisotopic (exact) mass is 302 g/mol. The summed E-state index contributed by atoms with van der Waals surface area (Å²) in [4.78, 5) is 20.0. The molecule has 1 atom stereocenters. The molecular weight excluding hydrogens is 284 g/mol. The second-order valence-corrected chi connectivity index (χ2v) is 6.68. The Morgan fingerprint density at radius 2 is 2.24 bits per heavy atom. The van der Waals surface area contributed by atoms with Crippen molar-refractivity contribution < 1.29 is 9.90 Å². The minimum absolute atomic E-state index is 0.0507. The number of rotatable bonds is 2. The molecule has 1 amide bonds. The molecule has 0 unspecified atom stereocenters. The highest BCUT2D eigenvalue weighted by molar-refractivity contribution is 7.11. The third-order valence-electron chi connectivity index (χ3n) is 3.83. The number of hydrogen-bond donors (Lipinski definition) is 1. The lowest BCUT2D eigenvalue weighted by molar-refractivity contribution is 0.0704. The number of piperidine rings is 1. The van der Waals surface area contributed by atoms with Gasteiger partial charge in [-0.15, -0.1) is 11.3 Å². The van der Waals surface area contributed by atoms with E-state index in [-0.39, 0.29) is 11.7 Å². The summed E-state index contributed by atoms with van der Waals surface area (Å²) < 4.78 is 0. The van der Waals surface area contributed by atoms with Crippen LogP contribution in [0.4, 0.5) is 0 Å². The van der Waals surface area contributed by atoms with Crippen molar-refractivity contribution in [3.8, 4) is 5.75 Å². The van der Waals surface area contributed by atoms with Crippen LogP contribution in [-0.4, -0.2) is 34.0 Å². The average molecular weight is 302 g/mol. The molecule has 1 aromatic heterocycles. The zero-order valence-electron chi connectivity index (χ0n) is 12.0. The van der Waals surface area contributed by atoms with Gasteiger partial charge in [0.15, 0.2) is 0 Å². The lowest BCUT2D eigenvalue weighted by Gasteiger charge is -2.32. The van der Waals surface area contributed by atoms with Crippen molar-refractivity contribution in [1.29, 1.82) is 0 Å². The summed E-state index contributed by atoms with van der Waals surface area (Å²) in [6, 6.07) is 6.73. The molecule has 2 heterocycles. The highest BCUT2D eigenvalue weighted by Crippen LogP contribution is 2.31. The molecule has 2 aromatic rings. The third kappa shape index (κ3) is 2.93. The van der Waals surface area contributed by atoms with E-state index >= 15 is 0 Å². The Balaban J connectivity index is 1.77. The van der Waals surface area contributed by atoms with Crippen LogP contribution in [0.25, 0.3) is 0 Å². The van der Waals surface area contributed by atoms with Gasteiger partial charge in [0.05, 0.1) is 10.6 Å². The molecule has 0 radical (unpaired) electrons. The number of carbonyl (C=O) groups excluding carboxylic acids is 1. The van der Waals surface area contributed by atoms with Gasteiger partial charge in [-0.05, 0) is 31.9 Å². The van der Waals surface area contributed by atoms with Gasteiger partial charge in [-0.2, -0.15) is 0 Å². The zero-order valence-corrected chi connectivity index (χ0v) is 12.8. The molecule has 0 spiro atoms. The van der Waals surface area contributed by atoms with Crippen LogP contribution in [0.15, 0.2) is 30.5 Å². The number of phenols is 1. The van der Waals surface area contributed by atoms with Gasteiger partial charge in [-0.25, -0.2) is 4.98 Å². The van der Waals surface area contributed by atoms with E-state index in [1.54, 1.807) is 35.6 Å². The molecule has 1 aliphatic rings. The van der Waals surface area contributed by atoms with Crippen LogP contribution in [0, 0.1) is 6.92 Å². The first-order valence-corrected chi connectivity index (χ1v) is 7.96. The van der Waals surface area contributed by atoms with E-state index in [1.165, 1.54) is 4.88 Å². The molecule has 1 aliphatic heterocycles. The predicted molar refractivity (Wildman–Crippen MR) is 82.8 cm³/mol. The number of aromatic nitrogens is 1. The fourth-order valence-corrected chi connectivity index (χ4v) is 3.65. The number of phenolic OH excluding ortho intramolecular Hbond substituents is 1. The number of hydrogen-bond acceptors (Lipinski definition) is 4. The normalized spacial score (nSPS) is 18.7. The van der Waals surface area contributed by atoms with E-state index in [1.807, 2.05) is 11.1 Å². The van der Waals surface area contributed by atoms with Crippen molar-refractivity contribution in [3.05, 3.63) is 45.9 Å². The van der Waals surface area contributed by atoms with Crippen LogP contribution >= 0.6 is 11.3 Å². The largest absolute Gasteiger partial charge is 0.507 e. The van der Waals surface area contributed by atoms with E-state index < -0.39 is 0 Å². The van der Waals surface area contributed by atoms with E-state index in [0.717, 1.165) is 24.4 Å². The Bertz CT molecular complexity index is 653. The average Bonchev–Trinajstić information content (AvgIpc) is 2.94. The van der Waals surface area contributed by atoms with Gasteiger partial charge in [0.2, 0.25) is 0 Å². The van der Waals surface area contributed by atoms with Crippen molar-refractivity contribution in [2.24, 2.45) is 0 Å². The number of nitrogens with zero attached hydrogens (tertiary/aromatic N) is 2.